The summed E-state index contributed by atoms with van der Waals surface area (Å²) in [6.45, 7) is 9.17. The summed E-state index contributed by atoms with van der Waals surface area (Å²) >= 11 is 5.46. The first-order chi connectivity index (χ1) is 18.3. The number of hydrogen-bond acceptors (Lipinski definition) is 6. The topological polar surface area (TPSA) is 102 Å². The fourth-order valence-corrected chi connectivity index (χ4v) is 10.1. The molecule has 2 bridgehead atoms. The van der Waals surface area contributed by atoms with Gasteiger partial charge >= 0.3 is 0 Å². The molecule has 8 nitrogen and oxygen atoms in total. The number of carbonyl (C=O) groups excluding carboxylic acids is 3. The van der Waals surface area contributed by atoms with Crippen LogP contribution in [0.4, 0.5) is 11.4 Å². The SMILES string of the molecule is CCCNC(=O)[C@H]1[C@H]2C(=O)N(CCCCCO)C(C(=O)Nc3ccc(N(CC)CC)cc3)C23CC(Br)[C@@H]1S3. The van der Waals surface area contributed by atoms with Gasteiger partial charge in [-0.05, 0) is 70.2 Å². The number of aliphatic hydroxyl groups excluding tert-OH is 1. The molecule has 3 fully saturated rings. The third-order valence-electron chi connectivity index (χ3n) is 8.21. The predicted molar refractivity (Wildman–Crippen MR) is 157 cm³/mol. The van der Waals surface area contributed by atoms with E-state index in [4.69, 9.17) is 0 Å². The van der Waals surface area contributed by atoms with E-state index in [-0.39, 0.29) is 34.4 Å². The van der Waals surface area contributed by atoms with E-state index in [0.717, 1.165) is 31.6 Å². The smallest absolute Gasteiger partial charge is 0.248 e. The highest BCUT2D eigenvalue weighted by Gasteiger charge is 2.75. The number of benzene rings is 1. The molecule has 0 aliphatic carbocycles. The highest BCUT2D eigenvalue weighted by atomic mass is 79.9. The number of rotatable bonds is 13. The van der Waals surface area contributed by atoms with Crippen molar-refractivity contribution in [3.8, 4) is 0 Å². The molecule has 3 aliphatic heterocycles. The monoisotopic (exact) mass is 608 g/mol. The van der Waals surface area contributed by atoms with Crippen LogP contribution in [0, 0.1) is 11.8 Å². The molecule has 3 unspecified atom stereocenters. The van der Waals surface area contributed by atoms with E-state index in [9.17, 15) is 19.5 Å². The van der Waals surface area contributed by atoms with Crippen LogP contribution in [0.25, 0.3) is 0 Å². The number of aliphatic hydroxyl groups is 1. The largest absolute Gasteiger partial charge is 0.396 e. The second kappa shape index (κ2) is 12.6. The van der Waals surface area contributed by atoms with Crippen LogP contribution >= 0.6 is 27.7 Å². The van der Waals surface area contributed by atoms with Crippen LogP contribution in [0.5, 0.6) is 0 Å². The zero-order valence-corrected chi connectivity index (χ0v) is 25.0. The first-order valence-corrected chi connectivity index (χ1v) is 15.8. The molecular formula is C28H41BrN4O4S. The van der Waals surface area contributed by atoms with Crippen LogP contribution in [0.2, 0.25) is 0 Å². The van der Waals surface area contributed by atoms with E-state index >= 15 is 0 Å². The maximum Gasteiger partial charge on any atom is 0.248 e. The first-order valence-electron chi connectivity index (χ1n) is 14.0. The lowest BCUT2D eigenvalue weighted by Crippen LogP contribution is -2.53. The number of thioether (sulfide) groups is 1. The van der Waals surface area contributed by atoms with E-state index in [2.05, 4.69) is 45.3 Å². The molecule has 3 heterocycles. The van der Waals surface area contributed by atoms with Crippen molar-refractivity contribution >= 4 is 56.8 Å². The first kappa shape index (κ1) is 29.2. The lowest BCUT2D eigenvalue weighted by Gasteiger charge is -2.35. The van der Waals surface area contributed by atoms with Crippen LogP contribution in [-0.4, -0.2) is 81.4 Å². The minimum atomic E-state index is -0.657. The standard InChI is InChI=1S/C28H41BrN4O4S/c1-4-14-30-25(35)21-22-27(37)33(15-8-7-9-16-34)24(28(22)17-20(29)23(21)38-28)26(36)31-18-10-12-19(13-11-18)32(5-2)6-3/h10-13,20-24,34H,4-9,14-17H2,1-3H3,(H,30,35)(H,31,36)/t20?,21-,22-,23-,24?,28?/m0/s1. The second-order valence-corrected chi connectivity index (χ2v) is 13.2. The molecule has 1 aromatic carbocycles. The predicted octanol–water partition coefficient (Wildman–Crippen LogP) is 3.62. The summed E-state index contributed by atoms with van der Waals surface area (Å²) in [6, 6.07) is 7.19. The van der Waals surface area contributed by atoms with Crippen LogP contribution in [0.3, 0.4) is 0 Å². The highest BCUT2D eigenvalue weighted by Crippen LogP contribution is 2.67. The zero-order chi connectivity index (χ0) is 27.4. The van der Waals surface area contributed by atoms with Gasteiger partial charge in [0.05, 0.1) is 16.6 Å². The van der Waals surface area contributed by atoms with Gasteiger partial charge in [-0.25, -0.2) is 0 Å². The lowest BCUT2D eigenvalue weighted by atomic mass is 9.70. The Bertz CT molecular complexity index is 1010. The van der Waals surface area contributed by atoms with Gasteiger partial charge in [0.1, 0.15) is 6.04 Å². The Kier molecular flexibility index (Phi) is 9.68. The summed E-state index contributed by atoms with van der Waals surface area (Å²) in [7, 11) is 0. The third-order valence-corrected chi connectivity index (χ3v) is 11.4. The molecule has 6 atom stereocenters. The van der Waals surface area contributed by atoms with Gasteiger partial charge < -0.3 is 25.5 Å². The van der Waals surface area contributed by atoms with E-state index in [1.807, 2.05) is 31.2 Å². The van der Waals surface area contributed by atoms with E-state index in [0.29, 0.717) is 38.0 Å². The van der Waals surface area contributed by atoms with Crippen molar-refractivity contribution in [2.75, 3.05) is 43.0 Å². The summed E-state index contributed by atoms with van der Waals surface area (Å²) in [5, 5.41) is 15.3. The van der Waals surface area contributed by atoms with Crippen LogP contribution in [-0.2, 0) is 14.4 Å². The maximum absolute atomic E-state index is 14.0. The molecule has 4 rings (SSSR count). The Hall–Kier alpha value is -1.78. The van der Waals surface area contributed by atoms with Gasteiger partial charge in [-0.2, -0.15) is 0 Å². The van der Waals surface area contributed by atoms with Crippen molar-refractivity contribution in [3.63, 3.8) is 0 Å². The molecule has 1 spiro atoms. The number of likely N-dealkylation sites (tertiary alicyclic amines) is 1. The number of amides is 3. The normalized spacial score (nSPS) is 29.4. The average molecular weight is 610 g/mol. The summed E-state index contributed by atoms with van der Waals surface area (Å²) in [6.07, 6.45) is 3.64. The van der Waals surface area contributed by atoms with Crippen molar-refractivity contribution in [2.45, 2.75) is 73.7 Å². The Morgan fingerprint density at radius 2 is 1.84 bits per heavy atom. The summed E-state index contributed by atoms with van der Waals surface area (Å²) in [5.41, 5.74) is 1.80. The summed E-state index contributed by atoms with van der Waals surface area (Å²) in [5.74, 6) is -1.33. The number of nitrogens with one attached hydrogen (secondary N) is 2. The number of unbranched alkanes of at least 4 members (excludes halogenated alkanes) is 2. The van der Waals surface area contributed by atoms with Gasteiger partial charge in [0.2, 0.25) is 17.7 Å². The Balaban J connectivity index is 1.61. The summed E-state index contributed by atoms with van der Waals surface area (Å²) in [4.78, 5) is 45.3. The number of nitrogens with zero attached hydrogens (tertiary/aromatic N) is 2. The molecule has 10 heteroatoms. The van der Waals surface area contributed by atoms with Crippen molar-refractivity contribution in [1.29, 1.82) is 0 Å². The number of alkyl halides is 1. The molecule has 38 heavy (non-hydrogen) atoms. The average Bonchev–Trinajstić information content (AvgIpc) is 3.50. The third kappa shape index (κ3) is 5.32. The molecule has 210 valence electrons. The Morgan fingerprint density at radius 3 is 2.47 bits per heavy atom. The molecule has 3 saturated heterocycles. The van der Waals surface area contributed by atoms with Crippen molar-refractivity contribution < 1.29 is 19.5 Å². The molecular weight excluding hydrogens is 568 g/mol. The molecule has 3 N–H and O–H groups in total. The molecule has 1 aromatic rings. The number of hydrogen-bond donors (Lipinski definition) is 3. The van der Waals surface area contributed by atoms with Gasteiger partial charge in [-0.3, -0.25) is 14.4 Å². The van der Waals surface area contributed by atoms with Crippen LogP contribution < -0.4 is 15.5 Å². The van der Waals surface area contributed by atoms with Gasteiger partial charge in [-0.1, -0.05) is 22.9 Å². The summed E-state index contributed by atoms with van der Waals surface area (Å²) < 4.78 is -0.646. The van der Waals surface area contributed by atoms with Crippen molar-refractivity contribution in [3.05, 3.63) is 24.3 Å². The quantitative estimate of drug-likeness (QED) is 0.233. The number of halogens is 1. The van der Waals surface area contributed by atoms with Gasteiger partial charge in [0.25, 0.3) is 0 Å². The van der Waals surface area contributed by atoms with Gasteiger partial charge in [-0.15, -0.1) is 11.8 Å². The fourth-order valence-electron chi connectivity index (χ4n) is 6.46. The molecule has 3 amide bonds. The minimum absolute atomic E-state index is 0.0407. The van der Waals surface area contributed by atoms with Crippen molar-refractivity contribution in [1.82, 2.24) is 10.2 Å². The Labute approximate surface area is 238 Å². The Morgan fingerprint density at radius 1 is 1.13 bits per heavy atom. The van der Waals surface area contributed by atoms with Gasteiger partial charge in [0.15, 0.2) is 0 Å². The number of fused-ring (bicyclic) bond motifs is 1. The second-order valence-electron chi connectivity index (χ2n) is 10.5. The van der Waals surface area contributed by atoms with Crippen LogP contribution in [0.1, 0.15) is 52.9 Å². The van der Waals surface area contributed by atoms with Crippen LogP contribution in [0.15, 0.2) is 24.3 Å². The number of anilines is 2. The number of carbonyl (C=O) groups is 3. The molecule has 3 aliphatic rings. The van der Waals surface area contributed by atoms with Gasteiger partial charge in [0, 0.05) is 54.2 Å². The van der Waals surface area contributed by atoms with Crippen molar-refractivity contribution in [2.24, 2.45) is 11.8 Å². The fraction of sp³-hybridized carbons (Fsp3) is 0.679. The molecule has 0 aromatic heterocycles. The van der Waals surface area contributed by atoms with E-state index in [1.54, 1.807) is 16.7 Å². The lowest BCUT2D eigenvalue weighted by molar-refractivity contribution is -0.139. The van der Waals surface area contributed by atoms with E-state index in [1.165, 1.54) is 0 Å². The minimum Gasteiger partial charge on any atom is -0.396 e. The van der Waals surface area contributed by atoms with E-state index < -0.39 is 22.6 Å². The highest BCUT2D eigenvalue weighted by molar-refractivity contribution is 9.09. The molecule has 0 radical (unpaired) electrons. The molecule has 0 saturated carbocycles. The zero-order valence-electron chi connectivity index (χ0n) is 22.6. The maximum atomic E-state index is 14.0.